The molecule has 0 aromatic carbocycles. The predicted molar refractivity (Wildman–Crippen MR) is 39.3 cm³/mol. The Labute approximate surface area is 61.1 Å². The summed E-state index contributed by atoms with van der Waals surface area (Å²) in [5.74, 6) is 0. The molecule has 5 heteroatoms. The van der Waals surface area contributed by atoms with Gasteiger partial charge in [-0.15, -0.1) is 6.58 Å². The Balaban J connectivity index is 0. The topological polar surface area (TPSA) is 74.6 Å². The Hall–Kier alpha value is -0.390. The van der Waals surface area contributed by atoms with Gasteiger partial charge in [0.05, 0.1) is 0 Å². The van der Waals surface area contributed by atoms with E-state index in [0.29, 0.717) is 0 Å². The monoisotopic (exact) mass is 168 g/mol. The van der Waals surface area contributed by atoms with Gasteiger partial charge in [0, 0.05) is 0 Å². The minimum absolute atomic E-state index is 1.15. The summed E-state index contributed by atoms with van der Waals surface area (Å²) in [5.41, 5.74) is 0. The molecule has 10 heavy (non-hydrogen) atoms. The molecule has 0 spiro atoms. The van der Waals surface area contributed by atoms with Crippen LogP contribution in [0.25, 0.3) is 0 Å². The third kappa shape index (κ3) is 128. The molecule has 0 aliphatic heterocycles. The van der Waals surface area contributed by atoms with Gasteiger partial charge in [-0.2, -0.15) is 8.42 Å². The van der Waals surface area contributed by atoms with Crippen molar-refractivity contribution in [3.05, 3.63) is 12.7 Å². The van der Waals surface area contributed by atoms with Gasteiger partial charge in [-0.25, -0.2) is 0 Å². The summed E-state index contributed by atoms with van der Waals surface area (Å²) in [7, 11) is -4.67. The van der Waals surface area contributed by atoms with Crippen LogP contribution in [-0.2, 0) is 10.4 Å². The quantitative estimate of drug-likeness (QED) is 0.481. The summed E-state index contributed by atoms with van der Waals surface area (Å²) in [6.07, 6.45) is 4.31. The zero-order chi connectivity index (χ0) is 8.62. The van der Waals surface area contributed by atoms with Gasteiger partial charge >= 0.3 is 10.4 Å². The number of rotatable bonds is 2. The molecule has 0 bridgehead atoms. The van der Waals surface area contributed by atoms with E-state index in [4.69, 9.17) is 17.5 Å². The molecule has 0 fully saturated rings. The Bertz CT molecular complexity index is 150. The molecular weight excluding hydrogens is 156 g/mol. The van der Waals surface area contributed by atoms with E-state index in [1.807, 2.05) is 6.08 Å². The fraction of sp³-hybridized carbons (Fsp3) is 0.600. The maximum Gasteiger partial charge on any atom is 0.394 e. The van der Waals surface area contributed by atoms with Crippen LogP contribution in [0.4, 0.5) is 0 Å². The first kappa shape index (κ1) is 12.3. The molecule has 0 aliphatic rings. The molecule has 0 saturated carbocycles. The van der Waals surface area contributed by atoms with Crippen molar-refractivity contribution in [2.24, 2.45) is 0 Å². The SMILES string of the molecule is C=CCCC.O=S(=O)(O)O. The van der Waals surface area contributed by atoms with Crippen LogP contribution < -0.4 is 0 Å². The number of hydrogen-bond donors (Lipinski definition) is 2. The van der Waals surface area contributed by atoms with Gasteiger partial charge in [-0.1, -0.05) is 19.4 Å². The lowest BCUT2D eigenvalue weighted by atomic mass is 10.3. The Kier molecular flexibility index (Phi) is 8.27. The van der Waals surface area contributed by atoms with E-state index in [-0.39, 0.29) is 0 Å². The Morgan fingerprint density at radius 3 is 1.80 bits per heavy atom. The van der Waals surface area contributed by atoms with Gasteiger partial charge in [0.2, 0.25) is 0 Å². The Morgan fingerprint density at radius 1 is 1.50 bits per heavy atom. The third-order valence-electron chi connectivity index (χ3n) is 0.493. The first-order valence-electron chi connectivity index (χ1n) is 2.72. The van der Waals surface area contributed by atoms with Gasteiger partial charge < -0.3 is 0 Å². The third-order valence-corrected chi connectivity index (χ3v) is 0.493. The van der Waals surface area contributed by atoms with Crippen molar-refractivity contribution in [1.82, 2.24) is 0 Å². The first-order chi connectivity index (χ1) is 4.41. The van der Waals surface area contributed by atoms with Crippen LogP contribution in [0, 0.1) is 0 Å². The van der Waals surface area contributed by atoms with Crippen molar-refractivity contribution in [3.8, 4) is 0 Å². The van der Waals surface area contributed by atoms with Crippen molar-refractivity contribution < 1.29 is 17.5 Å². The fourth-order valence-electron chi connectivity index (χ4n) is 0.204. The van der Waals surface area contributed by atoms with Crippen LogP contribution in [-0.4, -0.2) is 17.5 Å². The summed E-state index contributed by atoms with van der Waals surface area (Å²) in [4.78, 5) is 0. The zero-order valence-corrected chi connectivity index (χ0v) is 6.63. The molecule has 0 amide bonds. The normalized spacial score (nSPS) is 9.50. The molecular formula is C5H12O4S. The predicted octanol–water partition coefficient (Wildman–Crippen LogP) is 1.32. The highest BCUT2D eigenvalue weighted by Crippen LogP contribution is 1.82. The summed E-state index contributed by atoms with van der Waals surface area (Å²) in [6.45, 7) is 5.69. The smallest absolute Gasteiger partial charge is 0.264 e. The van der Waals surface area contributed by atoms with E-state index in [2.05, 4.69) is 13.5 Å². The Morgan fingerprint density at radius 2 is 1.80 bits per heavy atom. The number of hydrogen-bond acceptors (Lipinski definition) is 2. The van der Waals surface area contributed by atoms with E-state index in [0.717, 1.165) is 6.42 Å². The van der Waals surface area contributed by atoms with Crippen molar-refractivity contribution in [2.75, 3.05) is 0 Å². The van der Waals surface area contributed by atoms with Gasteiger partial charge in [0.25, 0.3) is 0 Å². The van der Waals surface area contributed by atoms with Crippen LogP contribution in [0.5, 0.6) is 0 Å². The molecule has 0 heterocycles. The van der Waals surface area contributed by atoms with E-state index < -0.39 is 10.4 Å². The van der Waals surface area contributed by atoms with E-state index in [1.54, 1.807) is 0 Å². The molecule has 0 aromatic heterocycles. The van der Waals surface area contributed by atoms with Gasteiger partial charge in [0.1, 0.15) is 0 Å². The lowest BCUT2D eigenvalue weighted by Gasteiger charge is -1.72. The standard InChI is InChI=1S/C5H10.H2O4S/c1-3-5-4-2;1-5(2,3)4/h3H,1,4-5H2,2H3;(H2,1,2,3,4). The van der Waals surface area contributed by atoms with Gasteiger partial charge in [-0.05, 0) is 6.42 Å². The average Bonchev–Trinajstić information content (AvgIpc) is 1.63. The summed E-state index contributed by atoms with van der Waals surface area (Å²) < 4.78 is 31.6. The second kappa shape index (κ2) is 6.73. The second-order valence-corrected chi connectivity index (χ2v) is 2.42. The highest BCUT2D eigenvalue weighted by Gasteiger charge is 1.84. The van der Waals surface area contributed by atoms with Crippen LogP contribution in [0.1, 0.15) is 19.8 Å². The molecule has 62 valence electrons. The van der Waals surface area contributed by atoms with Crippen LogP contribution >= 0.6 is 0 Å². The maximum absolute atomic E-state index is 8.74. The van der Waals surface area contributed by atoms with E-state index >= 15 is 0 Å². The van der Waals surface area contributed by atoms with Crippen LogP contribution in [0.2, 0.25) is 0 Å². The molecule has 0 saturated heterocycles. The van der Waals surface area contributed by atoms with Gasteiger partial charge in [-0.3, -0.25) is 9.11 Å². The highest BCUT2D eigenvalue weighted by atomic mass is 32.3. The average molecular weight is 168 g/mol. The van der Waals surface area contributed by atoms with Gasteiger partial charge in [0.15, 0.2) is 0 Å². The minimum Gasteiger partial charge on any atom is -0.264 e. The summed E-state index contributed by atoms with van der Waals surface area (Å²) in [6, 6.07) is 0. The van der Waals surface area contributed by atoms with E-state index in [9.17, 15) is 0 Å². The summed E-state index contributed by atoms with van der Waals surface area (Å²) in [5, 5.41) is 0. The number of unbranched alkanes of at least 4 members (excludes halogenated alkanes) is 1. The van der Waals surface area contributed by atoms with Crippen molar-refractivity contribution in [2.45, 2.75) is 19.8 Å². The molecule has 4 nitrogen and oxygen atoms in total. The minimum atomic E-state index is -4.67. The van der Waals surface area contributed by atoms with Crippen LogP contribution in [0.3, 0.4) is 0 Å². The molecule has 0 unspecified atom stereocenters. The van der Waals surface area contributed by atoms with Crippen LogP contribution in [0.15, 0.2) is 12.7 Å². The maximum atomic E-state index is 8.74. The zero-order valence-electron chi connectivity index (χ0n) is 5.82. The summed E-state index contributed by atoms with van der Waals surface area (Å²) >= 11 is 0. The van der Waals surface area contributed by atoms with Crippen molar-refractivity contribution in [3.63, 3.8) is 0 Å². The highest BCUT2D eigenvalue weighted by molar-refractivity contribution is 7.79. The molecule has 0 aromatic rings. The molecule has 0 rings (SSSR count). The van der Waals surface area contributed by atoms with Crippen molar-refractivity contribution >= 4 is 10.4 Å². The molecule has 0 aliphatic carbocycles. The first-order valence-corrected chi connectivity index (χ1v) is 4.12. The molecule has 0 radical (unpaired) electrons. The number of allylic oxidation sites excluding steroid dienone is 1. The lowest BCUT2D eigenvalue weighted by molar-refractivity contribution is 0.381. The molecule has 2 N–H and O–H groups in total. The lowest BCUT2D eigenvalue weighted by Crippen LogP contribution is -1.89. The largest absolute Gasteiger partial charge is 0.394 e. The second-order valence-electron chi connectivity index (χ2n) is 1.53. The van der Waals surface area contributed by atoms with Crippen molar-refractivity contribution in [1.29, 1.82) is 0 Å². The fourth-order valence-corrected chi connectivity index (χ4v) is 0.204. The van der Waals surface area contributed by atoms with E-state index in [1.165, 1.54) is 6.42 Å². The molecule has 0 atom stereocenters.